The van der Waals surface area contributed by atoms with E-state index >= 15 is 0 Å². The molecular formula is C16H22N2O2. The third-order valence-corrected chi connectivity index (χ3v) is 4.12. The summed E-state index contributed by atoms with van der Waals surface area (Å²) in [5.74, 6) is 0.990. The minimum Gasteiger partial charge on any atom is -0.487 e. The van der Waals surface area contributed by atoms with Crippen molar-refractivity contribution in [2.45, 2.75) is 44.8 Å². The number of anilines is 1. The Morgan fingerprint density at radius 3 is 3.00 bits per heavy atom. The van der Waals surface area contributed by atoms with E-state index in [1.165, 1.54) is 25.7 Å². The van der Waals surface area contributed by atoms with Crippen molar-refractivity contribution in [2.75, 3.05) is 18.4 Å². The van der Waals surface area contributed by atoms with Crippen LogP contribution in [0.25, 0.3) is 0 Å². The molecule has 1 aromatic rings. The molecule has 1 atom stereocenters. The number of ether oxygens (including phenoxy) is 1. The third-order valence-electron chi connectivity index (χ3n) is 4.12. The Balaban J connectivity index is 1.63. The van der Waals surface area contributed by atoms with Crippen LogP contribution < -0.4 is 15.4 Å². The average Bonchev–Trinajstić information content (AvgIpc) is 2.97. The monoisotopic (exact) mass is 274 g/mol. The van der Waals surface area contributed by atoms with Gasteiger partial charge in [0.05, 0.1) is 18.8 Å². The van der Waals surface area contributed by atoms with Crippen molar-refractivity contribution in [3.63, 3.8) is 0 Å². The van der Waals surface area contributed by atoms with Crippen LogP contribution in [0.5, 0.6) is 5.75 Å². The lowest BCUT2D eigenvalue weighted by molar-refractivity contribution is 0.0987. The van der Waals surface area contributed by atoms with Crippen molar-refractivity contribution >= 4 is 11.5 Å². The molecule has 0 bridgehead atoms. The molecule has 0 radical (unpaired) electrons. The van der Waals surface area contributed by atoms with E-state index in [1.807, 2.05) is 25.1 Å². The van der Waals surface area contributed by atoms with Gasteiger partial charge >= 0.3 is 0 Å². The van der Waals surface area contributed by atoms with E-state index in [0.29, 0.717) is 12.6 Å². The van der Waals surface area contributed by atoms with E-state index < -0.39 is 0 Å². The van der Waals surface area contributed by atoms with E-state index in [1.54, 1.807) is 0 Å². The molecule has 2 aliphatic rings. The van der Waals surface area contributed by atoms with Crippen LogP contribution >= 0.6 is 0 Å². The first-order valence-corrected chi connectivity index (χ1v) is 7.53. The standard InChI is InChI=1S/C16H22N2O2/c1-11-9-18-14-8-12(6-7-16(14)20-11)15(19)10-17-13-4-2-3-5-13/h6-8,11,13,17-18H,2-5,9-10H2,1H3. The van der Waals surface area contributed by atoms with E-state index in [2.05, 4.69) is 10.6 Å². The number of ketones is 1. The van der Waals surface area contributed by atoms with Gasteiger partial charge in [0, 0.05) is 11.6 Å². The first kappa shape index (κ1) is 13.4. The SMILES string of the molecule is CC1CNc2cc(C(=O)CNC3CCCC3)ccc2O1. The lowest BCUT2D eigenvalue weighted by atomic mass is 10.1. The van der Waals surface area contributed by atoms with Crippen LogP contribution in [0.4, 0.5) is 5.69 Å². The molecule has 0 saturated heterocycles. The fraction of sp³-hybridized carbons (Fsp3) is 0.562. The maximum atomic E-state index is 12.2. The molecule has 1 aromatic carbocycles. The summed E-state index contributed by atoms with van der Waals surface area (Å²) in [6.45, 7) is 3.24. The molecule has 4 heteroatoms. The fourth-order valence-electron chi connectivity index (χ4n) is 2.93. The highest BCUT2D eigenvalue weighted by Gasteiger charge is 2.19. The van der Waals surface area contributed by atoms with Gasteiger partial charge in [-0.05, 0) is 38.0 Å². The van der Waals surface area contributed by atoms with Gasteiger partial charge in [-0.3, -0.25) is 4.79 Å². The van der Waals surface area contributed by atoms with Gasteiger partial charge in [0.15, 0.2) is 5.78 Å². The van der Waals surface area contributed by atoms with Crippen LogP contribution in [-0.2, 0) is 0 Å². The first-order chi connectivity index (χ1) is 9.72. The maximum absolute atomic E-state index is 12.2. The Kier molecular flexibility index (Phi) is 3.92. The van der Waals surface area contributed by atoms with Gasteiger partial charge in [0.2, 0.25) is 0 Å². The second kappa shape index (κ2) is 5.83. The Morgan fingerprint density at radius 2 is 2.20 bits per heavy atom. The summed E-state index contributed by atoms with van der Waals surface area (Å²) in [6, 6.07) is 6.18. The predicted molar refractivity (Wildman–Crippen MR) is 79.6 cm³/mol. The highest BCUT2D eigenvalue weighted by Crippen LogP contribution is 2.30. The smallest absolute Gasteiger partial charge is 0.176 e. The Labute approximate surface area is 119 Å². The van der Waals surface area contributed by atoms with Gasteiger partial charge in [-0.2, -0.15) is 0 Å². The number of carbonyl (C=O) groups excluding carboxylic acids is 1. The highest BCUT2D eigenvalue weighted by atomic mass is 16.5. The van der Waals surface area contributed by atoms with Crippen molar-refractivity contribution in [3.05, 3.63) is 23.8 Å². The van der Waals surface area contributed by atoms with Crippen molar-refractivity contribution in [1.82, 2.24) is 5.32 Å². The molecule has 108 valence electrons. The summed E-state index contributed by atoms with van der Waals surface area (Å²) >= 11 is 0. The van der Waals surface area contributed by atoms with E-state index in [0.717, 1.165) is 23.5 Å². The van der Waals surface area contributed by atoms with Gasteiger partial charge in [-0.1, -0.05) is 12.8 Å². The molecule has 3 rings (SSSR count). The average molecular weight is 274 g/mol. The van der Waals surface area contributed by atoms with Gasteiger partial charge in [-0.15, -0.1) is 0 Å². The van der Waals surface area contributed by atoms with Crippen molar-refractivity contribution in [2.24, 2.45) is 0 Å². The van der Waals surface area contributed by atoms with E-state index in [9.17, 15) is 4.79 Å². The summed E-state index contributed by atoms with van der Waals surface area (Å²) in [6.07, 6.45) is 5.14. The number of fused-ring (bicyclic) bond motifs is 1. The maximum Gasteiger partial charge on any atom is 0.176 e. The molecule has 0 amide bonds. The van der Waals surface area contributed by atoms with Gasteiger partial charge in [0.1, 0.15) is 11.9 Å². The lowest BCUT2D eigenvalue weighted by Gasteiger charge is -2.25. The molecule has 0 spiro atoms. The van der Waals surface area contributed by atoms with Gasteiger partial charge in [-0.25, -0.2) is 0 Å². The zero-order valence-electron chi connectivity index (χ0n) is 11.9. The Bertz CT molecular complexity index is 495. The molecule has 1 heterocycles. The minimum atomic E-state index is 0.153. The second-order valence-corrected chi connectivity index (χ2v) is 5.81. The van der Waals surface area contributed by atoms with Crippen molar-refractivity contribution in [1.29, 1.82) is 0 Å². The van der Waals surface area contributed by atoms with Crippen LogP contribution in [0.2, 0.25) is 0 Å². The molecule has 1 aliphatic carbocycles. The zero-order valence-corrected chi connectivity index (χ0v) is 11.9. The van der Waals surface area contributed by atoms with Crippen molar-refractivity contribution < 1.29 is 9.53 Å². The number of rotatable bonds is 4. The van der Waals surface area contributed by atoms with Gasteiger partial charge < -0.3 is 15.4 Å². The molecule has 1 saturated carbocycles. The summed E-state index contributed by atoms with van der Waals surface area (Å²) in [5.41, 5.74) is 1.68. The molecule has 0 aromatic heterocycles. The Morgan fingerprint density at radius 1 is 1.40 bits per heavy atom. The number of hydrogen-bond donors (Lipinski definition) is 2. The zero-order chi connectivity index (χ0) is 13.9. The van der Waals surface area contributed by atoms with Crippen LogP contribution in [0.3, 0.4) is 0 Å². The molecule has 1 unspecified atom stereocenters. The van der Waals surface area contributed by atoms with Crippen LogP contribution in [0.15, 0.2) is 18.2 Å². The van der Waals surface area contributed by atoms with Crippen LogP contribution in [-0.4, -0.2) is 31.0 Å². The van der Waals surface area contributed by atoms with E-state index in [-0.39, 0.29) is 11.9 Å². The molecule has 20 heavy (non-hydrogen) atoms. The Hall–Kier alpha value is -1.55. The van der Waals surface area contributed by atoms with E-state index in [4.69, 9.17) is 4.74 Å². The normalized spacial score (nSPS) is 21.9. The fourth-order valence-corrected chi connectivity index (χ4v) is 2.93. The number of Topliss-reactive ketones (excluding diaryl/α,β-unsaturated/α-hetero) is 1. The molecule has 1 aliphatic heterocycles. The largest absolute Gasteiger partial charge is 0.487 e. The molecule has 1 fully saturated rings. The number of carbonyl (C=O) groups is 1. The summed E-state index contributed by atoms with van der Waals surface area (Å²) in [7, 11) is 0. The van der Waals surface area contributed by atoms with Gasteiger partial charge in [0.25, 0.3) is 0 Å². The summed E-state index contributed by atoms with van der Waals surface area (Å²) < 4.78 is 5.72. The number of nitrogens with one attached hydrogen (secondary N) is 2. The topological polar surface area (TPSA) is 50.4 Å². The lowest BCUT2D eigenvalue weighted by Crippen LogP contribution is -2.32. The minimum absolute atomic E-state index is 0.153. The second-order valence-electron chi connectivity index (χ2n) is 5.81. The van der Waals surface area contributed by atoms with Crippen LogP contribution in [0.1, 0.15) is 43.0 Å². The number of hydrogen-bond acceptors (Lipinski definition) is 4. The summed E-state index contributed by atoms with van der Waals surface area (Å²) in [4.78, 5) is 12.2. The highest BCUT2D eigenvalue weighted by molar-refractivity contribution is 5.98. The van der Waals surface area contributed by atoms with Crippen LogP contribution in [0, 0.1) is 0 Å². The van der Waals surface area contributed by atoms with Crippen molar-refractivity contribution in [3.8, 4) is 5.75 Å². The molecule has 2 N–H and O–H groups in total. The summed E-state index contributed by atoms with van der Waals surface area (Å²) in [5, 5.41) is 6.67. The number of benzene rings is 1. The quantitative estimate of drug-likeness (QED) is 0.829. The predicted octanol–water partition coefficient (Wildman–Crippen LogP) is 2.59. The third kappa shape index (κ3) is 2.96. The molecular weight excluding hydrogens is 252 g/mol. The first-order valence-electron chi connectivity index (χ1n) is 7.53. The molecule has 4 nitrogen and oxygen atoms in total.